The highest BCUT2D eigenvalue weighted by Gasteiger charge is 2.16. The van der Waals surface area contributed by atoms with E-state index in [2.05, 4.69) is 4.98 Å². The van der Waals surface area contributed by atoms with E-state index in [1.165, 1.54) is 31.3 Å². The van der Waals surface area contributed by atoms with Crippen molar-refractivity contribution in [3.8, 4) is 11.1 Å². The van der Waals surface area contributed by atoms with Crippen molar-refractivity contribution in [2.24, 2.45) is 0 Å². The van der Waals surface area contributed by atoms with Crippen molar-refractivity contribution in [3.63, 3.8) is 0 Å². The van der Waals surface area contributed by atoms with Gasteiger partial charge in [0.1, 0.15) is 5.82 Å². The summed E-state index contributed by atoms with van der Waals surface area (Å²) in [5, 5.41) is 8.90. The van der Waals surface area contributed by atoms with Gasteiger partial charge in [0.15, 0.2) is 0 Å². The molecule has 1 heterocycles. The third-order valence-corrected chi connectivity index (χ3v) is 3.34. The van der Waals surface area contributed by atoms with Crippen LogP contribution >= 0.6 is 11.6 Å². The van der Waals surface area contributed by atoms with E-state index < -0.39 is 23.1 Å². The lowest BCUT2D eigenvalue weighted by Crippen LogP contribution is -2.38. The Morgan fingerprint density at radius 3 is 2.75 bits per heavy atom. The van der Waals surface area contributed by atoms with E-state index in [0.717, 1.165) is 4.57 Å². The van der Waals surface area contributed by atoms with Crippen molar-refractivity contribution >= 4 is 11.6 Å². The Hall–Kier alpha value is -1.92. The Kier molecular flexibility index (Phi) is 4.06. The van der Waals surface area contributed by atoms with Crippen LogP contribution in [0.3, 0.4) is 0 Å². The van der Waals surface area contributed by atoms with Gasteiger partial charge in [0.05, 0.1) is 23.2 Å². The van der Waals surface area contributed by atoms with Crippen LogP contribution in [-0.2, 0) is 0 Å². The summed E-state index contributed by atoms with van der Waals surface area (Å²) in [5.41, 5.74) is -1.03. The van der Waals surface area contributed by atoms with Gasteiger partial charge in [-0.25, -0.2) is 9.18 Å². The highest BCUT2D eigenvalue weighted by atomic mass is 35.5. The summed E-state index contributed by atoms with van der Waals surface area (Å²) >= 11 is 5.84. The number of nitrogens with one attached hydrogen (secondary N) is 1. The number of rotatable bonds is 3. The van der Waals surface area contributed by atoms with Gasteiger partial charge in [-0.2, -0.15) is 0 Å². The van der Waals surface area contributed by atoms with E-state index in [0.29, 0.717) is 0 Å². The van der Waals surface area contributed by atoms with Crippen LogP contribution in [0.5, 0.6) is 0 Å². The second-order valence-electron chi connectivity index (χ2n) is 4.32. The normalized spacial score (nSPS) is 12.4. The molecule has 0 saturated heterocycles. The number of hydrogen-bond acceptors (Lipinski definition) is 3. The third kappa shape index (κ3) is 2.39. The monoisotopic (exact) mass is 298 g/mol. The molecule has 0 fully saturated rings. The predicted octanol–water partition coefficient (Wildman–Crippen LogP) is 1.55. The molecule has 2 rings (SSSR count). The zero-order valence-corrected chi connectivity index (χ0v) is 11.3. The van der Waals surface area contributed by atoms with Crippen LogP contribution in [0.1, 0.15) is 13.0 Å². The molecular formula is C13H12ClFN2O3. The van der Waals surface area contributed by atoms with Gasteiger partial charge in [0, 0.05) is 11.8 Å². The van der Waals surface area contributed by atoms with Crippen molar-refractivity contribution in [1.29, 1.82) is 0 Å². The second kappa shape index (κ2) is 5.60. The van der Waals surface area contributed by atoms with Gasteiger partial charge in [-0.05, 0) is 13.0 Å². The molecule has 0 aliphatic rings. The number of aliphatic hydroxyl groups excluding tert-OH is 1. The van der Waals surface area contributed by atoms with Crippen LogP contribution in [0.25, 0.3) is 11.1 Å². The van der Waals surface area contributed by atoms with Gasteiger partial charge in [0.2, 0.25) is 0 Å². The van der Waals surface area contributed by atoms with E-state index in [1.807, 2.05) is 0 Å². The van der Waals surface area contributed by atoms with E-state index in [4.69, 9.17) is 16.7 Å². The van der Waals surface area contributed by atoms with Crippen molar-refractivity contribution in [2.75, 3.05) is 6.61 Å². The first-order valence-electron chi connectivity index (χ1n) is 5.86. The van der Waals surface area contributed by atoms with Crippen molar-refractivity contribution in [2.45, 2.75) is 13.0 Å². The molecule has 1 aromatic heterocycles. The van der Waals surface area contributed by atoms with Crippen LogP contribution < -0.4 is 11.2 Å². The third-order valence-electron chi connectivity index (χ3n) is 2.95. The quantitative estimate of drug-likeness (QED) is 0.903. The van der Waals surface area contributed by atoms with Crippen LogP contribution in [0, 0.1) is 5.82 Å². The zero-order valence-electron chi connectivity index (χ0n) is 10.6. The highest BCUT2D eigenvalue weighted by Crippen LogP contribution is 2.27. The van der Waals surface area contributed by atoms with Gasteiger partial charge in [0.25, 0.3) is 5.56 Å². The standard InChI is InChI=1S/C13H12ClFN2O3/c1-7(6-18)17-12(19)9(5-16-13(17)20)8-3-2-4-10(15)11(8)14/h2-5,7,18H,6H2,1H3,(H,16,20)/t7-/m0/s1. The van der Waals surface area contributed by atoms with Gasteiger partial charge >= 0.3 is 5.69 Å². The minimum atomic E-state index is -0.696. The summed E-state index contributed by atoms with van der Waals surface area (Å²) < 4.78 is 14.3. The van der Waals surface area contributed by atoms with Gasteiger partial charge in [-0.1, -0.05) is 23.7 Å². The molecule has 2 N–H and O–H groups in total. The molecule has 0 radical (unpaired) electrons. The predicted molar refractivity (Wildman–Crippen MR) is 73.5 cm³/mol. The lowest BCUT2D eigenvalue weighted by atomic mass is 10.1. The number of nitrogens with zero attached hydrogens (tertiary/aromatic N) is 1. The maximum atomic E-state index is 13.4. The maximum Gasteiger partial charge on any atom is 0.328 e. The van der Waals surface area contributed by atoms with E-state index in [9.17, 15) is 14.0 Å². The minimum Gasteiger partial charge on any atom is -0.394 e. The molecule has 0 aliphatic heterocycles. The number of benzene rings is 1. The first kappa shape index (κ1) is 14.5. The fourth-order valence-electron chi connectivity index (χ4n) is 1.87. The average molecular weight is 299 g/mol. The molecule has 1 atom stereocenters. The van der Waals surface area contributed by atoms with Crippen molar-refractivity contribution < 1.29 is 9.50 Å². The molecule has 0 amide bonds. The molecule has 106 valence electrons. The van der Waals surface area contributed by atoms with Crippen LogP contribution in [0.2, 0.25) is 5.02 Å². The molecule has 2 aromatic rings. The van der Waals surface area contributed by atoms with Gasteiger partial charge in [-0.3, -0.25) is 9.36 Å². The Balaban J connectivity index is 2.74. The number of H-pyrrole nitrogens is 1. The first-order valence-corrected chi connectivity index (χ1v) is 6.24. The topological polar surface area (TPSA) is 75.1 Å². The summed E-state index contributed by atoms with van der Waals surface area (Å²) in [7, 11) is 0. The molecule has 0 unspecified atom stereocenters. The molecule has 1 aromatic carbocycles. The van der Waals surface area contributed by atoms with Crippen LogP contribution in [0.15, 0.2) is 34.0 Å². The SMILES string of the molecule is C[C@@H](CO)n1c(=O)[nH]cc(-c2cccc(F)c2Cl)c1=O. The fraction of sp³-hybridized carbons (Fsp3) is 0.231. The van der Waals surface area contributed by atoms with Gasteiger partial charge in [-0.15, -0.1) is 0 Å². The van der Waals surface area contributed by atoms with Crippen molar-refractivity contribution in [3.05, 3.63) is 56.1 Å². The highest BCUT2D eigenvalue weighted by molar-refractivity contribution is 6.33. The number of aliphatic hydroxyl groups is 1. The number of aromatic amines is 1. The molecule has 0 saturated carbocycles. The summed E-state index contributed by atoms with van der Waals surface area (Å²) in [6, 6.07) is 3.38. The average Bonchev–Trinajstić information content (AvgIpc) is 2.42. The lowest BCUT2D eigenvalue weighted by molar-refractivity contribution is 0.233. The fourth-order valence-corrected chi connectivity index (χ4v) is 2.10. The Morgan fingerprint density at radius 1 is 1.40 bits per heavy atom. The molecule has 5 nitrogen and oxygen atoms in total. The lowest BCUT2D eigenvalue weighted by Gasteiger charge is -2.12. The Morgan fingerprint density at radius 2 is 2.10 bits per heavy atom. The molecule has 7 heteroatoms. The number of aromatic nitrogens is 2. The Labute approximate surface area is 118 Å². The number of hydrogen-bond donors (Lipinski definition) is 2. The van der Waals surface area contributed by atoms with E-state index in [1.54, 1.807) is 0 Å². The Bertz CT molecular complexity index is 754. The summed E-state index contributed by atoms with van der Waals surface area (Å²) in [4.78, 5) is 26.4. The zero-order chi connectivity index (χ0) is 14.9. The van der Waals surface area contributed by atoms with Crippen LogP contribution in [-0.4, -0.2) is 21.3 Å². The summed E-state index contributed by atoms with van der Waals surface area (Å²) in [6.07, 6.45) is 1.19. The maximum absolute atomic E-state index is 13.4. The molecular weight excluding hydrogens is 287 g/mol. The number of halogens is 2. The second-order valence-corrected chi connectivity index (χ2v) is 4.69. The van der Waals surface area contributed by atoms with Gasteiger partial charge < -0.3 is 10.1 Å². The largest absolute Gasteiger partial charge is 0.394 e. The molecule has 20 heavy (non-hydrogen) atoms. The molecule has 0 spiro atoms. The first-order chi connectivity index (χ1) is 9.47. The van der Waals surface area contributed by atoms with E-state index in [-0.39, 0.29) is 22.8 Å². The van der Waals surface area contributed by atoms with E-state index >= 15 is 0 Å². The van der Waals surface area contributed by atoms with Crippen LogP contribution in [0.4, 0.5) is 4.39 Å². The minimum absolute atomic E-state index is 0.0643. The summed E-state index contributed by atoms with van der Waals surface area (Å²) in [5.74, 6) is -0.656. The molecule has 0 bridgehead atoms. The molecule has 0 aliphatic carbocycles. The van der Waals surface area contributed by atoms with Crippen molar-refractivity contribution in [1.82, 2.24) is 9.55 Å². The smallest absolute Gasteiger partial charge is 0.328 e. The summed E-state index contributed by atoms with van der Waals surface area (Å²) in [6.45, 7) is 1.15.